The molecular weight excluding hydrogens is 321 g/mol. The van der Waals surface area contributed by atoms with Gasteiger partial charge in [-0.05, 0) is 43.2 Å². The lowest BCUT2D eigenvalue weighted by molar-refractivity contribution is 0.0947. The van der Waals surface area contributed by atoms with Crippen LogP contribution in [-0.2, 0) is 0 Å². The average molecular weight is 339 g/mol. The smallest absolute Gasteiger partial charge is 0.271 e. The van der Waals surface area contributed by atoms with E-state index in [0.717, 1.165) is 17.0 Å². The van der Waals surface area contributed by atoms with Gasteiger partial charge >= 0.3 is 0 Å². The van der Waals surface area contributed by atoms with Crippen LogP contribution in [0, 0.1) is 12.7 Å². The summed E-state index contributed by atoms with van der Waals surface area (Å²) >= 11 is 0. The fourth-order valence-corrected chi connectivity index (χ4v) is 2.59. The van der Waals surface area contributed by atoms with Crippen molar-refractivity contribution in [2.45, 2.75) is 19.3 Å². The van der Waals surface area contributed by atoms with E-state index in [-0.39, 0.29) is 23.3 Å². The van der Waals surface area contributed by atoms with Crippen molar-refractivity contribution in [1.82, 2.24) is 15.3 Å². The topological polar surface area (TPSA) is 68.0 Å². The summed E-state index contributed by atoms with van der Waals surface area (Å²) in [7, 11) is 0. The summed E-state index contributed by atoms with van der Waals surface area (Å²) in [6.07, 6.45) is 5.23. The van der Waals surface area contributed by atoms with Gasteiger partial charge in [-0.2, -0.15) is 0 Å². The van der Waals surface area contributed by atoms with Crippen molar-refractivity contribution in [3.05, 3.63) is 83.6 Å². The Morgan fingerprint density at radius 3 is 2.64 bits per heavy atom. The Morgan fingerprint density at radius 1 is 1.20 bits per heavy atom. The molecule has 0 aliphatic rings. The highest BCUT2D eigenvalue weighted by Crippen LogP contribution is 2.28. The number of nitrogens with zero attached hydrogens (tertiary/aromatic N) is 2. The number of carbonyl (C=O) groups is 1. The highest BCUT2D eigenvalue weighted by Gasteiger charge is 2.18. The third-order valence-corrected chi connectivity index (χ3v) is 3.89. The Morgan fingerprint density at radius 2 is 2.00 bits per heavy atom. The number of nitrogens with one attached hydrogen (secondary N) is 1. The molecule has 1 atom stereocenters. The first kappa shape index (κ1) is 16.8. The van der Waals surface area contributed by atoms with Crippen molar-refractivity contribution in [2.75, 3.05) is 6.54 Å². The lowest BCUT2D eigenvalue weighted by Crippen LogP contribution is -2.26. The summed E-state index contributed by atoms with van der Waals surface area (Å²) < 4.78 is 18.7. The lowest BCUT2D eigenvalue weighted by Gasteiger charge is -2.15. The van der Waals surface area contributed by atoms with Crippen molar-refractivity contribution in [1.29, 1.82) is 0 Å². The number of amides is 1. The van der Waals surface area contributed by atoms with Crippen molar-refractivity contribution in [3.8, 4) is 0 Å². The summed E-state index contributed by atoms with van der Waals surface area (Å²) in [5.74, 6) is 0.147. The van der Waals surface area contributed by atoms with E-state index >= 15 is 0 Å². The summed E-state index contributed by atoms with van der Waals surface area (Å²) in [4.78, 5) is 20.2. The van der Waals surface area contributed by atoms with Gasteiger partial charge in [-0.3, -0.25) is 9.78 Å². The van der Waals surface area contributed by atoms with Crippen LogP contribution in [-0.4, -0.2) is 22.4 Å². The molecule has 0 aliphatic carbocycles. The summed E-state index contributed by atoms with van der Waals surface area (Å²) in [5, 5.41) is 2.83. The maximum atomic E-state index is 13.2. The molecule has 1 aromatic carbocycles. The molecule has 25 heavy (non-hydrogen) atoms. The van der Waals surface area contributed by atoms with E-state index in [9.17, 15) is 9.18 Å². The molecule has 128 valence electrons. The van der Waals surface area contributed by atoms with Gasteiger partial charge in [-0.1, -0.05) is 12.1 Å². The van der Waals surface area contributed by atoms with Gasteiger partial charge in [0.05, 0.1) is 18.2 Å². The van der Waals surface area contributed by atoms with E-state index in [1.54, 1.807) is 24.6 Å². The highest BCUT2D eigenvalue weighted by molar-refractivity contribution is 5.91. The zero-order valence-electron chi connectivity index (χ0n) is 13.8. The van der Waals surface area contributed by atoms with E-state index in [2.05, 4.69) is 15.3 Å². The molecule has 0 saturated heterocycles. The molecule has 0 aliphatic heterocycles. The zero-order valence-corrected chi connectivity index (χ0v) is 13.8. The second-order valence-electron chi connectivity index (χ2n) is 5.71. The largest absolute Gasteiger partial charge is 0.469 e. The molecule has 3 rings (SSSR count). The molecule has 1 amide bonds. The van der Waals surface area contributed by atoms with Crippen LogP contribution in [0.25, 0.3) is 0 Å². The molecule has 2 aromatic heterocycles. The second-order valence-corrected chi connectivity index (χ2v) is 5.71. The quantitative estimate of drug-likeness (QED) is 0.747. The summed E-state index contributed by atoms with van der Waals surface area (Å²) in [5.41, 5.74) is 1.97. The SMILES string of the molecule is Cc1cnc(C(=O)NCC[C@@H](c2ccc(F)cc2)c2ccco2)cn1. The molecule has 0 radical (unpaired) electrons. The fourth-order valence-electron chi connectivity index (χ4n) is 2.59. The van der Waals surface area contributed by atoms with E-state index in [4.69, 9.17) is 4.42 Å². The van der Waals surface area contributed by atoms with Crippen LogP contribution in [0.5, 0.6) is 0 Å². The molecule has 5 nitrogen and oxygen atoms in total. The minimum Gasteiger partial charge on any atom is -0.469 e. The number of hydrogen-bond donors (Lipinski definition) is 1. The average Bonchev–Trinajstić information content (AvgIpc) is 3.14. The summed E-state index contributed by atoms with van der Waals surface area (Å²) in [6.45, 7) is 2.24. The van der Waals surface area contributed by atoms with Crippen LogP contribution < -0.4 is 5.32 Å². The van der Waals surface area contributed by atoms with Gasteiger partial charge in [0.2, 0.25) is 0 Å². The molecule has 0 unspecified atom stereocenters. The van der Waals surface area contributed by atoms with Crippen molar-refractivity contribution in [2.24, 2.45) is 0 Å². The van der Waals surface area contributed by atoms with E-state index < -0.39 is 0 Å². The molecule has 0 fully saturated rings. The Balaban J connectivity index is 1.66. The molecule has 0 spiro atoms. The van der Waals surface area contributed by atoms with Crippen molar-refractivity contribution >= 4 is 5.91 Å². The van der Waals surface area contributed by atoms with Gasteiger partial charge in [-0.25, -0.2) is 9.37 Å². The number of carbonyl (C=O) groups excluding carboxylic acids is 1. The van der Waals surface area contributed by atoms with Gasteiger partial charge in [0.1, 0.15) is 17.3 Å². The first-order chi connectivity index (χ1) is 12.1. The normalized spacial score (nSPS) is 11.9. The van der Waals surface area contributed by atoms with Crippen LogP contribution in [0.3, 0.4) is 0 Å². The number of benzene rings is 1. The lowest BCUT2D eigenvalue weighted by atomic mass is 9.93. The number of hydrogen-bond acceptors (Lipinski definition) is 4. The second kappa shape index (κ2) is 7.70. The number of rotatable bonds is 6. The molecule has 6 heteroatoms. The maximum Gasteiger partial charge on any atom is 0.271 e. The number of aryl methyl sites for hydroxylation is 1. The van der Waals surface area contributed by atoms with Crippen molar-refractivity contribution < 1.29 is 13.6 Å². The van der Waals surface area contributed by atoms with Gasteiger partial charge in [-0.15, -0.1) is 0 Å². The number of halogens is 1. The fraction of sp³-hybridized carbons (Fsp3) is 0.211. The predicted octanol–water partition coefficient (Wildman–Crippen LogP) is 3.47. The first-order valence-corrected chi connectivity index (χ1v) is 7.99. The number of aromatic nitrogens is 2. The van der Waals surface area contributed by atoms with Gasteiger partial charge in [0.15, 0.2) is 0 Å². The third kappa shape index (κ3) is 4.29. The van der Waals surface area contributed by atoms with Crippen LogP contribution in [0.1, 0.15) is 39.8 Å². The monoisotopic (exact) mass is 339 g/mol. The predicted molar refractivity (Wildman–Crippen MR) is 90.7 cm³/mol. The van der Waals surface area contributed by atoms with Crippen molar-refractivity contribution in [3.63, 3.8) is 0 Å². The Hall–Kier alpha value is -3.02. The maximum absolute atomic E-state index is 13.2. The molecule has 3 aromatic rings. The van der Waals surface area contributed by atoms with Crippen LogP contribution in [0.15, 0.2) is 59.5 Å². The minimum atomic E-state index is -0.284. The third-order valence-electron chi connectivity index (χ3n) is 3.89. The van der Waals surface area contributed by atoms with Crippen LogP contribution in [0.2, 0.25) is 0 Å². The van der Waals surface area contributed by atoms with E-state index in [1.807, 2.05) is 19.1 Å². The Bertz CT molecular complexity index is 815. The van der Waals surface area contributed by atoms with Gasteiger partial charge < -0.3 is 9.73 Å². The Kier molecular flexibility index (Phi) is 5.18. The summed E-state index contributed by atoms with van der Waals surface area (Å²) in [6, 6.07) is 10.00. The number of furan rings is 1. The van der Waals surface area contributed by atoms with Crippen LogP contribution in [0.4, 0.5) is 4.39 Å². The first-order valence-electron chi connectivity index (χ1n) is 7.99. The molecular formula is C19H18FN3O2. The Labute approximate surface area is 144 Å². The molecule has 1 N–H and O–H groups in total. The standard InChI is InChI=1S/C19H18FN3O2/c1-13-11-23-17(12-22-13)19(24)21-9-8-16(18-3-2-10-25-18)14-4-6-15(20)7-5-14/h2-7,10-12,16H,8-9H2,1H3,(H,21,24)/t16-/m0/s1. The molecule has 0 bridgehead atoms. The van der Waals surface area contributed by atoms with Crippen LogP contribution >= 0.6 is 0 Å². The molecule has 0 saturated carbocycles. The van der Waals surface area contributed by atoms with E-state index in [1.165, 1.54) is 18.3 Å². The zero-order chi connectivity index (χ0) is 17.6. The van der Waals surface area contributed by atoms with Gasteiger partial charge in [0.25, 0.3) is 5.91 Å². The van der Waals surface area contributed by atoms with E-state index in [0.29, 0.717) is 13.0 Å². The molecule has 2 heterocycles. The minimum absolute atomic E-state index is 0.0694. The highest BCUT2D eigenvalue weighted by atomic mass is 19.1. The van der Waals surface area contributed by atoms with Gasteiger partial charge in [0, 0.05) is 18.7 Å².